The first-order chi connectivity index (χ1) is 18.4. The first-order valence-corrected chi connectivity index (χ1v) is 15.0. The van der Waals surface area contributed by atoms with Crippen LogP contribution in [0.4, 0.5) is 0 Å². The summed E-state index contributed by atoms with van der Waals surface area (Å²) >= 11 is 0. The Morgan fingerprint density at radius 1 is 0.975 bits per heavy atom. The predicted octanol–water partition coefficient (Wildman–Crippen LogP) is 7.64. The first kappa shape index (κ1) is 32.2. The molecule has 0 saturated heterocycles. The van der Waals surface area contributed by atoms with Gasteiger partial charge in [0.2, 0.25) is 0 Å². The largest absolute Gasteiger partial charge is 0.487 e. The molecule has 0 aromatic carbocycles. The van der Waals surface area contributed by atoms with E-state index in [1.807, 2.05) is 33.8 Å². The van der Waals surface area contributed by atoms with Crippen LogP contribution >= 0.6 is 0 Å². The molecule has 0 unspecified atom stereocenters. The normalized spacial score (nSPS) is 32.7. The molecule has 1 fully saturated rings. The van der Waals surface area contributed by atoms with Crippen LogP contribution in [-0.4, -0.2) is 34.2 Å². The van der Waals surface area contributed by atoms with E-state index in [2.05, 4.69) is 46.8 Å². The first-order valence-electron chi connectivity index (χ1n) is 15.0. The Bertz CT molecular complexity index is 1180. The number of aliphatic hydroxyl groups excluding tert-OH is 1. The molecule has 5 nitrogen and oxygen atoms in total. The van der Waals surface area contributed by atoms with Gasteiger partial charge in [-0.15, -0.1) is 0 Å². The Balaban J connectivity index is 2.52. The summed E-state index contributed by atoms with van der Waals surface area (Å²) in [6.45, 7) is 21.5. The van der Waals surface area contributed by atoms with Gasteiger partial charge < -0.3 is 9.84 Å². The number of ether oxygens (including phenoxy) is 1. The van der Waals surface area contributed by atoms with Crippen molar-refractivity contribution in [1.29, 1.82) is 0 Å². The fourth-order valence-electron chi connectivity index (χ4n) is 7.29. The van der Waals surface area contributed by atoms with Crippen molar-refractivity contribution in [3.8, 4) is 0 Å². The zero-order valence-corrected chi connectivity index (χ0v) is 26.8. The van der Waals surface area contributed by atoms with Gasteiger partial charge in [-0.2, -0.15) is 0 Å². The summed E-state index contributed by atoms with van der Waals surface area (Å²) in [5.41, 5.74) is -1.08. The van der Waals surface area contributed by atoms with Gasteiger partial charge in [-0.3, -0.25) is 14.4 Å². The minimum absolute atomic E-state index is 0.0842. The van der Waals surface area contributed by atoms with Gasteiger partial charge in [0.1, 0.15) is 11.4 Å². The van der Waals surface area contributed by atoms with Crippen LogP contribution in [0.2, 0.25) is 0 Å². The Morgan fingerprint density at radius 2 is 1.55 bits per heavy atom. The van der Waals surface area contributed by atoms with E-state index in [0.717, 1.165) is 5.57 Å². The van der Waals surface area contributed by atoms with E-state index in [-0.39, 0.29) is 41.9 Å². The molecule has 0 radical (unpaired) electrons. The highest BCUT2D eigenvalue weighted by molar-refractivity contribution is 6.27. The third kappa shape index (κ3) is 5.01. The van der Waals surface area contributed by atoms with E-state index in [0.29, 0.717) is 31.3 Å². The van der Waals surface area contributed by atoms with Gasteiger partial charge in [0.25, 0.3) is 0 Å². The fraction of sp³-hybridized carbons (Fsp3) is 0.686. The highest BCUT2D eigenvalue weighted by Crippen LogP contribution is 2.69. The van der Waals surface area contributed by atoms with Crippen LogP contribution in [0.5, 0.6) is 0 Å². The van der Waals surface area contributed by atoms with E-state index < -0.39 is 33.9 Å². The van der Waals surface area contributed by atoms with Crippen molar-refractivity contribution in [3.63, 3.8) is 0 Å². The van der Waals surface area contributed by atoms with Gasteiger partial charge in [-0.1, -0.05) is 55.7 Å². The minimum Gasteiger partial charge on any atom is -0.487 e. The van der Waals surface area contributed by atoms with Gasteiger partial charge in [-0.05, 0) is 98.8 Å². The average Bonchev–Trinajstić information content (AvgIpc) is 2.83. The fourth-order valence-corrected chi connectivity index (χ4v) is 7.29. The van der Waals surface area contributed by atoms with E-state index in [4.69, 9.17) is 4.74 Å². The Hall–Kier alpha value is -2.27. The molecular formula is C35H52O5. The molecule has 1 N–H and O–H groups in total. The summed E-state index contributed by atoms with van der Waals surface area (Å²) in [5.74, 6) is -1.05. The van der Waals surface area contributed by atoms with Crippen molar-refractivity contribution < 1.29 is 24.2 Å². The number of hydrogen-bond acceptors (Lipinski definition) is 5. The van der Waals surface area contributed by atoms with Crippen molar-refractivity contribution in [2.75, 3.05) is 0 Å². The molecule has 5 atom stereocenters. The topological polar surface area (TPSA) is 80.7 Å². The average molecular weight is 553 g/mol. The van der Waals surface area contributed by atoms with Crippen molar-refractivity contribution in [3.05, 3.63) is 46.3 Å². The van der Waals surface area contributed by atoms with Gasteiger partial charge >= 0.3 is 0 Å². The summed E-state index contributed by atoms with van der Waals surface area (Å²) in [4.78, 5) is 44.7. The van der Waals surface area contributed by atoms with Gasteiger partial charge in [0.15, 0.2) is 22.8 Å². The molecule has 0 amide bonds. The Morgan fingerprint density at radius 3 is 2.08 bits per heavy atom. The summed E-state index contributed by atoms with van der Waals surface area (Å²) < 4.78 is 6.58. The lowest BCUT2D eigenvalue weighted by molar-refractivity contribution is -0.191. The maximum atomic E-state index is 15.3. The smallest absolute Gasteiger partial charge is 0.176 e. The zero-order valence-electron chi connectivity index (χ0n) is 26.8. The summed E-state index contributed by atoms with van der Waals surface area (Å²) in [7, 11) is 0. The van der Waals surface area contributed by atoms with Gasteiger partial charge in [0, 0.05) is 17.9 Å². The highest BCUT2D eigenvalue weighted by Gasteiger charge is 2.77. The number of hydrogen-bond donors (Lipinski definition) is 1. The monoisotopic (exact) mass is 552 g/mol. The maximum Gasteiger partial charge on any atom is 0.176 e. The predicted molar refractivity (Wildman–Crippen MR) is 161 cm³/mol. The summed E-state index contributed by atoms with van der Waals surface area (Å²) in [6, 6.07) is 0. The van der Waals surface area contributed by atoms with Crippen LogP contribution in [-0.2, 0) is 19.1 Å². The Labute approximate surface area is 242 Å². The van der Waals surface area contributed by atoms with E-state index in [9.17, 15) is 14.7 Å². The molecule has 1 heterocycles. The third-order valence-corrected chi connectivity index (χ3v) is 9.80. The molecule has 0 aromatic rings. The maximum absolute atomic E-state index is 15.3. The number of aliphatic hydroxyl groups is 1. The quantitative estimate of drug-likeness (QED) is 0.235. The lowest BCUT2D eigenvalue weighted by Gasteiger charge is -2.63. The molecule has 40 heavy (non-hydrogen) atoms. The van der Waals surface area contributed by atoms with E-state index >= 15 is 4.79 Å². The zero-order chi connectivity index (χ0) is 30.4. The van der Waals surface area contributed by atoms with E-state index in [1.54, 1.807) is 13.8 Å². The summed E-state index contributed by atoms with van der Waals surface area (Å²) in [5, 5.41) is 11.1. The SMILES string of the molecule is CC(C)=CCC[C@]1(C)[C@@H](CC=C(C)C)C[C@]2(CC=C(C)C)C(=O)C3=C(OC(C)(C)[C@H](O)C3)[C@@]1(C(=O)C(C)C)C2=O. The molecular weight excluding hydrogens is 500 g/mol. The molecule has 0 aromatic heterocycles. The van der Waals surface area contributed by atoms with Gasteiger partial charge in [0.05, 0.1) is 11.5 Å². The van der Waals surface area contributed by atoms with Crippen LogP contribution in [0.1, 0.15) is 115 Å². The number of Topliss-reactive ketones (excluding diaryl/α,β-unsaturated/α-hetero) is 3. The minimum atomic E-state index is -1.61. The van der Waals surface area contributed by atoms with Crippen molar-refractivity contribution in [2.24, 2.45) is 28.1 Å². The second-order valence-corrected chi connectivity index (χ2v) is 14.4. The Kier molecular flexibility index (Phi) is 9.02. The van der Waals surface area contributed by atoms with Crippen molar-refractivity contribution in [1.82, 2.24) is 0 Å². The molecule has 2 bridgehead atoms. The third-order valence-electron chi connectivity index (χ3n) is 9.80. The van der Waals surface area contributed by atoms with Crippen molar-refractivity contribution >= 4 is 17.3 Å². The van der Waals surface area contributed by atoms with Gasteiger partial charge in [-0.25, -0.2) is 0 Å². The number of carbonyl (C=O) groups excluding carboxylic acids is 3. The molecule has 5 heteroatoms. The summed E-state index contributed by atoms with van der Waals surface area (Å²) in [6.07, 6.45) is 8.13. The molecule has 3 rings (SSSR count). The second-order valence-electron chi connectivity index (χ2n) is 14.4. The molecule has 222 valence electrons. The number of rotatable bonds is 9. The van der Waals surface area contributed by atoms with Crippen LogP contribution < -0.4 is 0 Å². The number of fused-ring (bicyclic) bond motifs is 3. The molecule has 0 spiro atoms. The van der Waals surface area contributed by atoms with E-state index in [1.165, 1.54) is 11.1 Å². The second kappa shape index (κ2) is 11.2. The van der Waals surface area contributed by atoms with Crippen molar-refractivity contribution in [2.45, 2.75) is 126 Å². The number of carbonyl (C=O) groups is 3. The van der Waals surface area contributed by atoms with Crippen LogP contribution in [0.3, 0.4) is 0 Å². The lowest BCUT2D eigenvalue weighted by Crippen LogP contribution is -2.71. The molecule has 1 saturated carbocycles. The standard InChI is InChI=1S/C35H52O5/c1-21(2)13-12-17-33(11)25(15-14-22(3)4)20-34(18-16-23(5)6)29(38)26-19-27(36)32(9,10)40-30(26)35(33,31(34)39)28(37)24(7)8/h13-14,16,24-25,27,36H,12,15,17-20H2,1-11H3/t25-,27+,33+,34+,35-/m0/s1. The lowest BCUT2D eigenvalue weighted by atomic mass is 9.38. The molecule has 1 aliphatic heterocycles. The molecule has 2 aliphatic carbocycles. The van der Waals surface area contributed by atoms with Crippen LogP contribution in [0.25, 0.3) is 0 Å². The van der Waals surface area contributed by atoms with Crippen LogP contribution in [0.15, 0.2) is 46.3 Å². The molecule has 3 aliphatic rings. The number of allylic oxidation sites excluding steroid dienone is 7. The number of ketones is 3. The van der Waals surface area contributed by atoms with Crippen LogP contribution in [0, 0.1) is 28.1 Å². The highest BCUT2D eigenvalue weighted by atomic mass is 16.5.